The van der Waals surface area contributed by atoms with Crippen LogP contribution in [0.3, 0.4) is 0 Å². The van der Waals surface area contributed by atoms with E-state index in [-0.39, 0.29) is 0 Å². The number of nitrogens with zero attached hydrogens (tertiary/aromatic N) is 1. The molecule has 1 heterocycles. The van der Waals surface area contributed by atoms with Gasteiger partial charge in [0.2, 0.25) is 5.88 Å². The molecule has 0 atom stereocenters. The summed E-state index contributed by atoms with van der Waals surface area (Å²) in [6.45, 7) is 9.10. The van der Waals surface area contributed by atoms with E-state index < -0.39 is 0 Å². The summed E-state index contributed by atoms with van der Waals surface area (Å²) < 4.78 is 16.3. The first-order chi connectivity index (χ1) is 13.8. The number of ether oxygens (including phenoxy) is 3. The molecule has 28 heavy (non-hydrogen) atoms. The van der Waals surface area contributed by atoms with Crippen LogP contribution in [-0.2, 0) is 9.47 Å². The van der Waals surface area contributed by atoms with Gasteiger partial charge in [0.1, 0.15) is 6.61 Å². The van der Waals surface area contributed by atoms with Gasteiger partial charge >= 0.3 is 0 Å². The topological polar surface area (TPSA) is 52.6 Å². The number of hydrogen-bond acceptors (Lipinski definition) is 5. The van der Waals surface area contributed by atoms with Crippen molar-refractivity contribution in [3.05, 3.63) is 53.7 Å². The minimum absolute atomic E-state index is 0.480. The number of anilines is 1. The first kappa shape index (κ1) is 23.7. The van der Waals surface area contributed by atoms with Crippen LogP contribution in [0.2, 0.25) is 0 Å². The molecule has 5 nitrogen and oxygen atoms in total. The van der Waals surface area contributed by atoms with E-state index in [0.717, 1.165) is 29.8 Å². The van der Waals surface area contributed by atoms with Gasteiger partial charge in [-0.1, -0.05) is 45.1 Å². The fraction of sp³-hybridized carbons (Fsp3) is 0.435. The summed E-state index contributed by atoms with van der Waals surface area (Å²) in [5, 5.41) is 3.11. The molecule has 0 spiro atoms. The van der Waals surface area contributed by atoms with Crippen LogP contribution in [-0.4, -0.2) is 45.1 Å². The third-order valence-corrected chi connectivity index (χ3v) is 3.62. The van der Waals surface area contributed by atoms with Crippen LogP contribution in [0.4, 0.5) is 5.69 Å². The minimum Gasteiger partial charge on any atom is -0.475 e. The number of aromatic nitrogens is 1. The Labute approximate surface area is 169 Å². The monoisotopic (exact) mass is 386 g/mol. The fourth-order valence-corrected chi connectivity index (χ4v) is 2.20. The predicted octanol–water partition coefficient (Wildman–Crippen LogP) is 5.14. The summed E-state index contributed by atoms with van der Waals surface area (Å²) in [7, 11) is 1.91. The van der Waals surface area contributed by atoms with Gasteiger partial charge in [-0.2, -0.15) is 0 Å². The van der Waals surface area contributed by atoms with Gasteiger partial charge in [0.05, 0.1) is 19.8 Å². The molecule has 1 aromatic carbocycles. The molecule has 2 rings (SSSR count). The van der Waals surface area contributed by atoms with Crippen LogP contribution in [0, 0.1) is 0 Å². The average Bonchev–Trinajstić information content (AvgIpc) is 2.77. The highest BCUT2D eigenvalue weighted by Gasteiger charge is 1.96. The summed E-state index contributed by atoms with van der Waals surface area (Å²) in [6.07, 6.45) is 6.92. The molecule has 0 fully saturated rings. The Hall–Kier alpha value is -2.37. The summed E-state index contributed by atoms with van der Waals surface area (Å²) in [5.74, 6) is 0.603. The third-order valence-electron chi connectivity index (χ3n) is 3.62. The van der Waals surface area contributed by atoms with Crippen LogP contribution in [0.15, 0.2) is 42.6 Å². The lowest BCUT2D eigenvalue weighted by atomic mass is 10.1. The van der Waals surface area contributed by atoms with Crippen molar-refractivity contribution in [3.8, 4) is 5.88 Å². The van der Waals surface area contributed by atoms with Crippen molar-refractivity contribution in [2.45, 2.75) is 27.2 Å². The maximum Gasteiger partial charge on any atom is 0.213 e. The molecule has 5 heteroatoms. The number of pyridine rings is 1. The molecule has 0 aliphatic rings. The van der Waals surface area contributed by atoms with Crippen molar-refractivity contribution in [1.82, 2.24) is 4.98 Å². The largest absolute Gasteiger partial charge is 0.475 e. The Balaban J connectivity index is 0.00000190. The van der Waals surface area contributed by atoms with E-state index in [9.17, 15) is 0 Å². The molecule has 1 N–H and O–H groups in total. The van der Waals surface area contributed by atoms with E-state index in [1.54, 1.807) is 6.20 Å². The van der Waals surface area contributed by atoms with E-state index in [1.165, 1.54) is 0 Å². The molecule has 0 aliphatic carbocycles. The SMILES string of the molecule is CC.CCCOCCOCCOc1ccc(/C=C/c2ccc(NC)cc2)cn1. The van der Waals surface area contributed by atoms with Crippen LogP contribution < -0.4 is 10.1 Å². The molecular formula is C23H34N2O3. The van der Waals surface area contributed by atoms with Gasteiger partial charge in [-0.3, -0.25) is 0 Å². The first-order valence-corrected chi connectivity index (χ1v) is 10.0. The molecular weight excluding hydrogens is 352 g/mol. The zero-order valence-corrected chi connectivity index (χ0v) is 17.6. The summed E-state index contributed by atoms with van der Waals surface area (Å²) in [5.41, 5.74) is 3.27. The molecule has 2 aromatic rings. The van der Waals surface area contributed by atoms with Crippen molar-refractivity contribution >= 4 is 17.8 Å². The van der Waals surface area contributed by atoms with Crippen LogP contribution >= 0.6 is 0 Å². The van der Waals surface area contributed by atoms with Crippen LogP contribution in [0.25, 0.3) is 12.2 Å². The second-order valence-electron chi connectivity index (χ2n) is 5.71. The van der Waals surface area contributed by atoms with Crippen LogP contribution in [0.1, 0.15) is 38.3 Å². The van der Waals surface area contributed by atoms with Crippen molar-refractivity contribution in [1.29, 1.82) is 0 Å². The standard InChI is InChI=1S/C21H28N2O3.C2H6/c1-3-12-24-13-14-25-15-16-26-21-11-8-19(17-23-21)5-4-18-6-9-20(22-2)10-7-18;1-2/h4-11,17,22H,3,12-16H2,1-2H3;1-2H3/b5-4+;. The number of nitrogens with one attached hydrogen (secondary N) is 1. The zero-order chi connectivity index (χ0) is 20.5. The van der Waals surface area contributed by atoms with Crippen molar-refractivity contribution in [2.75, 3.05) is 45.4 Å². The summed E-state index contributed by atoms with van der Waals surface area (Å²) in [6, 6.07) is 12.1. The number of rotatable bonds is 12. The Morgan fingerprint density at radius 2 is 1.43 bits per heavy atom. The van der Waals surface area contributed by atoms with Crippen molar-refractivity contribution in [2.24, 2.45) is 0 Å². The molecule has 0 amide bonds. The Morgan fingerprint density at radius 1 is 0.821 bits per heavy atom. The van der Waals surface area contributed by atoms with E-state index in [2.05, 4.69) is 35.4 Å². The molecule has 0 saturated heterocycles. The summed E-state index contributed by atoms with van der Waals surface area (Å²) in [4.78, 5) is 4.31. The highest BCUT2D eigenvalue weighted by atomic mass is 16.5. The lowest BCUT2D eigenvalue weighted by Gasteiger charge is -2.07. The molecule has 0 radical (unpaired) electrons. The molecule has 0 saturated carbocycles. The zero-order valence-electron chi connectivity index (χ0n) is 17.6. The molecule has 0 unspecified atom stereocenters. The molecule has 154 valence electrons. The Bertz CT molecular complexity index is 640. The quantitative estimate of drug-likeness (QED) is 0.512. The number of benzene rings is 1. The minimum atomic E-state index is 0.480. The Kier molecular flexibility index (Phi) is 13.2. The molecule has 0 aliphatic heterocycles. The summed E-state index contributed by atoms with van der Waals surface area (Å²) >= 11 is 0. The predicted molar refractivity (Wildman–Crippen MR) is 118 cm³/mol. The Morgan fingerprint density at radius 3 is 2.04 bits per heavy atom. The van der Waals surface area contributed by atoms with E-state index in [1.807, 2.05) is 51.2 Å². The molecule has 1 aromatic heterocycles. The van der Waals surface area contributed by atoms with Crippen molar-refractivity contribution in [3.63, 3.8) is 0 Å². The van der Waals surface area contributed by atoms with Gasteiger partial charge in [0, 0.05) is 31.6 Å². The lowest BCUT2D eigenvalue weighted by Crippen LogP contribution is -2.11. The van der Waals surface area contributed by atoms with Crippen LogP contribution in [0.5, 0.6) is 5.88 Å². The highest BCUT2D eigenvalue weighted by Crippen LogP contribution is 2.13. The fourth-order valence-electron chi connectivity index (χ4n) is 2.20. The van der Waals surface area contributed by atoms with Gasteiger partial charge < -0.3 is 19.5 Å². The maximum atomic E-state index is 5.57. The molecule has 0 bridgehead atoms. The second kappa shape index (κ2) is 15.7. The normalized spacial score (nSPS) is 10.4. The smallest absolute Gasteiger partial charge is 0.213 e. The average molecular weight is 387 g/mol. The van der Waals surface area contributed by atoms with Gasteiger partial charge in [-0.15, -0.1) is 0 Å². The lowest BCUT2D eigenvalue weighted by molar-refractivity contribution is 0.0361. The highest BCUT2D eigenvalue weighted by molar-refractivity contribution is 5.70. The van der Waals surface area contributed by atoms with Gasteiger partial charge in [0.25, 0.3) is 0 Å². The van der Waals surface area contributed by atoms with Gasteiger partial charge in [-0.05, 0) is 35.7 Å². The number of hydrogen-bond donors (Lipinski definition) is 1. The second-order valence-corrected chi connectivity index (χ2v) is 5.71. The van der Waals surface area contributed by atoms with Crippen molar-refractivity contribution < 1.29 is 14.2 Å². The third kappa shape index (κ3) is 10.1. The maximum absolute atomic E-state index is 5.57. The van der Waals surface area contributed by atoms with Gasteiger partial charge in [-0.25, -0.2) is 4.98 Å². The van der Waals surface area contributed by atoms with E-state index in [4.69, 9.17) is 14.2 Å². The van der Waals surface area contributed by atoms with E-state index in [0.29, 0.717) is 32.3 Å². The van der Waals surface area contributed by atoms with Gasteiger partial charge in [0.15, 0.2) is 0 Å². The van der Waals surface area contributed by atoms with E-state index >= 15 is 0 Å². The first-order valence-electron chi connectivity index (χ1n) is 10.0.